The van der Waals surface area contributed by atoms with Crippen molar-refractivity contribution >= 4 is 39.5 Å². The van der Waals surface area contributed by atoms with E-state index < -0.39 is 97.5 Å². The third-order valence-corrected chi connectivity index (χ3v) is 18.3. The molecule has 0 saturated heterocycles. The summed E-state index contributed by atoms with van der Waals surface area (Å²) in [6.07, 6.45) is 52.9. The number of unbranched alkanes of at least 4 members (excludes halogenated alkanes) is 45. The minimum Gasteiger partial charge on any atom is -0.462 e. The molecule has 0 aliphatic rings. The van der Waals surface area contributed by atoms with E-state index >= 15 is 0 Å². The van der Waals surface area contributed by atoms with Gasteiger partial charge >= 0.3 is 39.5 Å². The smallest absolute Gasteiger partial charge is 0.462 e. The van der Waals surface area contributed by atoms with E-state index in [1.807, 2.05) is 0 Å². The molecule has 0 aromatic heterocycles. The molecule has 0 fully saturated rings. The van der Waals surface area contributed by atoms with E-state index in [9.17, 15) is 43.2 Å². The lowest BCUT2D eigenvalue weighted by Crippen LogP contribution is -2.30. The van der Waals surface area contributed by atoms with Gasteiger partial charge in [0, 0.05) is 25.7 Å². The van der Waals surface area contributed by atoms with E-state index in [0.717, 1.165) is 103 Å². The van der Waals surface area contributed by atoms with Crippen molar-refractivity contribution in [1.29, 1.82) is 0 Å². The molecule has 17 nitrogen and oxygen atoms in total. The van der Waals surface area contributed by atoms with Crippen LogP contribution in [0, 0.1) is 0 Å². The molecule has 0 bridgehead atoms. The first-order chi connectivity index (χ1) is 43.2. The lowest BCUT2D eigenvalue weighted by atomic mass is 10.0. The van der Waals surface area contributed by atoms with Gasteiger partial charge in [0.05, 0.1) is 26.4 Å². The van der Waals surface area contributed by atoms with Gasteiger partial charge in [-0.05, 0) is 25.7 Å². The monoisotopic (exact) mass is 1310 g/mol. The zero-order chi connectivity index (χ0) is 65.4. The van der Waals surface area contributed by atoms with Gasteiger partial charge in [-0.1, -0.05) is 317 Å². The van der Waals surface area contributed by atoms with Crippen LogP contribution in [0.25, 0.3) is 0 Å². The van der Waals surface area contributed by atoms with Crippen LogP contribution in [0.15, 0.2) is 0 Å². The molecule has 0 radical (unpaired) electrons. The van der Waals surface area contributed by atoms with Crippen LogP contribution in [0.1, 0.15) is 368 Å². The highest BCUT2D eigenvalue weighted by molar-refractivity contribution is 7.47. The Balaban J connectivity index is 5.17. The van der Waals surface area contributed by atoms with Crippen LogP contribution in [0.4, 0.5) is 0 Å². The van der Waals surface area contributed by atoms with Crippen LogP contribution in [0.2, 0.25) is 0 Å². The van der Waals surface area contributed by atoms with Gasteiger partial charge in [0.2, 0.25) is 0 Å². The van der Waals surface area contributed by atoms with Crippen LogP contribution in [0.3, 0.4) is 0 Å². The molecule has 0 heterocycles. The summed E-state index contributed by atoms with van der Waals surface area (Å²) >= 11 is 0. The fourth-order valence-electron chi connectivity index (χ4n) is 10.7. The molecule has 19 heteroatoms. The maximum atomic E-state index is 13.0. The molecule has 0 aromatic carbocycles. The molecular formula is C70H136O17P2. The summed E-state index contributed by atoms with van der Waals surface area (Å²) in [7, 11) is -9.89. The van der Waals surface area contributed by atoms with Crippen molar-refractivity contribution in [2.45, 2.75) is 386 Å². The minimum atomic E-state index is -4.95. The fraction of sp³-hybridized carbons (Fsp3) is 0.943. The van der Waals surface area contributed by atoms with E-state index in [-0.39, 0.29) is 25.7 Å². The molecule has 528 valence electrons. The summed E-state index contributed by atoms with van der Waals surface area (Å²) in [5.41, 5.74) is 0. The molecule has 0 aliphatic carbocycles. The number of phosphoric ester groups is 2. The molecule has 2 unspecified atom stereocenters. The highest BCUT2D eigenvalue weighted by Gasteiger charge is 2.30. The summed E-state index contributed by atoms with van der Waals surface area (Å²) in [5, 5.41) is 10.6. The number of aliphatic hydroxyl groups is 1. The van der Waals surface area contributed by atoms with Crippen molar-refractivity contribution in [3.05, 3.63) is 0 Å². The first-order valence-electron chi connectivity index (χ1n) is 36.8. The predicted molar refractivity (Wildman–Crippen MR) is 359 cm³/mol. The molecule has 89 heavy (non-hydrogen) atoms. The summed E-state index contributed by atoms with van der Waals surface area (Å²) in [4.78, 5) is 72.3. The number of hydrogen-bond donors (Lipinski definition) is 3. The lowest BCUT2D eigenvalue weighted by molar-refractivity contribution is -0.161. The summed E-state index contributed by atoms with van der Waals surface area (Å²) in [6, 6.07) is 0. The molecule has 0 spiro atoms. The van der Waals surface area contributed by atoms with Crippen molar-refractivity contribution in [2.24, 2.45) is 0 Å². The quantitative estimate of drug-likeness (QED) is 0.0222. The van der Waals surface area contributed by atoms with Gasteiger partial charge in [0.1, 0.15) is 19.3 Å². The standard InChI is InChI=1S/C70H136O17P2/c1-5-9-13-17-21-25-27-29-31-33-35-37-39-41-45-49-53-57-70(75)87-66(61-81-68(73)55-51-47-44-40-38-36-34-32-30-28-26-22-18-14-10-6-2)63-85-89(78,79)83-59-64(71)58-82-88(76,77)84-62-65(86-69(74)56-52-48-43-24-20-16-12-8-4)60-80-67(72)54-50-46-42-23-19-15-11-7-3/h64-66,71H,5-63H2,1-4H3,(H,76,77)(H,78,79)/t64-,65+,66+/m0/s1. The zero-order valence-corrected chi connectivity index (χ0v) is 59.2. The molecule has 5 atom stereocenters. The Morgan fingerprint density at radius 2 is 0.449 bits per heavy atom. The van der Waals surface area contributed by atoms with Gasteiger partial charge in [-0.2, -0.15) is 0 Å². The maximum Gasteiger partial charge on any atom is 0.472 e. The molecule has 0 amide bonds. The topological polar surface area (TPSA) is 237 Å². The number of carbonyl (C=O) groups is 4. The van der Waals surface area contributed by atoms with Crippen molar-refractivity contribution < 1.29 is 80.2 Å². The Bertz CT molecular complexity index is 1710. The number of hydrogen-bond acceptors (Lipinski definition) is 15. The molecule has 0 rings (SSSR count). The Kier molecular flexibility index (Phi) is 63.3. The normalized spacial score (nSPS) is 14.0. The van der Waals surface area contributed by atoms with Gasteiger partial charge in [-0.15, -0.1) is 0 Å². The maximum absolute atomic E-state index is 13.0. The van der Waals surface area contributed by atoms with Crippen LogP contribution in [-0.4, -0.2) is 96.7 Å². The van der Waals surface area contributed by atoms with Crippen LogP contribution >= 0.6 is 15.6 Å². The Morgan fingerprint density at radius 1 is 0.270 bits per heavy atom. The van der Waals surface area contributed by atoms with E-state index in [1.165, 1.54) is 186 Å². The average molecular weight is 1310 g/mol. The number of carbonyl (C=O) groups excluding carboxylic acids is 4. The first kappa shape index (κ1) is 87.1. The number of ether oxygens (including phenoxy) is 4. The molecule has 0 aromatic rings. The van der Waals surface area contributed by atoms with Gasteiger partial charge in [-0.25, -0.2) is 9.13 Å². The fourth-order valence-corrected chi connectivity index (χ4v) is 12.3. The predicted octanol–water partition coefficient (Wildman–Crippen LogP) is 20.3. The van der Waals surface area contributed by atoms with Gasteiger partial charge in [0.25, 0.3) is 0 Å². The second kappa shape index (κ2) is 64.8. The summed E-state index contributed by atoms with van der Waals surface area (Å²) in [6.45, 7) is 4.89. The van der Waals surface area contributed by atoms with Crippen molar-refractivity contribution in [3.8, 4) is 0 Å². The minimum absolute atomic E-state index is 0.105. The SMILES string of the molecule is CCCCCCCCCCCCCCCCCCCC(=O)O[C@H](COC(=O)CCCCCCCCCCCCCCCCCC)COP(=O)(O)OC[C@@H](O)COP(=O)(O)OC[C@@H](COC(=O)CCCCCCCCCC)OC(=O)CCCCCCCCCC. The Labute approximate surface area is 543 Å². The first-order valence-corrected chi connectivity index (χ1v) is 39.8. The van der Waals surface area contributed by atoms with E-state index in [1.54, 1.807) is 0 Å². The van der Waals surface area contributed by atoms with Gasteiger partial charge < -0.3 is 33.8 Å². The average Bonchev–Trinajstić information content (AvgIpc) is 3.72. The second-order valence-corrected chi connectivity index (χ2v) is 28.2. The third-order valence-electron chi connectivity index (χ3n) is 16.4. The largest absolute Gasteiger partial charge is 0.472 e. The third kappa shape index (κ3) is 64.6. The van der Waals surface area contributed by atoms with Crippen LogP contribution < -0.4 is 0 Å². The van der Waals surface area contributed by atoms with E-state index in [2.05, 4.69) is 27.7 Å². The lowest BCUT2D eigenvalue weighted by Gasteiger charge is -2.21. The summed E-state index contributed by atoms with van der Waals surface area (Å²) in [5.74, 6) is -2.13. The number of rotatable bonds is 71. The number of phosphoric acid groups is 2. The van der Waals surface area contributed by atoms with Crippen LogP contribution in [0.5, 0.6) is 0 Å². The van der Waals surface area contributed by atoms with Gasteiger partial charge in [0.15, 0.2) is 12.2 Å². The Hall–Kier alpha value is -1.94. The van der Waals surface area contributed by atoms with E-state index in [0.29, 0.717) is 25.7 Å². The number of aliphatic hydroxyl groups excluding tert-OH is 1. The molecular weight excluding hydrogens is 1170 g/mol. The number of esters is 4. The Morgan fingerprint density at radius 3 is 0.663 bits per heavy atom. The molecule has 3 N–H and O–H groups in total. The van der Waals surface area contributed by atoms with Crippen molar-refractivity contribution in [1.82, 2.24) is 0 Å². The molecule has 0 saturated carbocycles. The highest BCUT2D eigenvalue weighted by Crippen LogP contribution is 2.45. The zero-order valence-electron chi connectivity index (χ0n) is 57.4. The van der Waals surface area contributed by atoms with E-state index in [4.69, 9.17) is 37.0 Å². The molecule has 0 aliphatic heterocycles. The highest BCUT2D eigenvalue weighted by atomic mass is 31.2. The second-order valence-electron chi connectivity index (χ2n) is 25.3. The van der Waals surface area contributed by atoms with Gasteiger partial charge in [-0.3, -0.25) is 37.3 Å². The van der Waals surface area contributed by atoms with Crippen molar-refractivity contribution in [3.63, 3.8) is 0 Å². The van der Waals surface area contributed by atoms with Crippen molar-refractivity contribution in [2.75, 3.05) is 39.6 Å². The summed E-state index contributed by atoms with van der Waals surface area (Å²) < 4.78 is 68.1. The van der Waals surface area contributed by atoms with Crippen LogP contribution in [-0.2, 0) is 65.4 Å².